The molecule has 0 fully saturated rings. The van der Waals surface area contributed by atoms with Crippen molar-refractivity contribution in [1.82, 2.24) is 19.1 Å². The van der Waals surface area contributed by atoms with Crippen LogP contribution in [0.15, 0.2) is 51.0 Å². The molecule has 172 valence electrons. The van der Waals surface area contributed by atoms with E-state index in [9.17, 15) is 14.4 Å². The lowest BCUT2D eigenvalue weighted by Crippen LogP contribution is -2.43. The number of thiazole rings is 1. The predicted octanol–water partition coefficient (Wildman–Crippen LogP) is 3.63. The highest BCUT2D eigenvalue weighted by atomic mass is 35.5. The fraction of sp³-hybridized carbons (Fsp3) is 0.318. The van der Waals surface area contributed by atoms with Crippen LogP contribution in [0.5, 0.6) is 0 Å². The molecule has 11 heteroatoms. The summed E-state index contributed by atoms with van der Waals surface area (Å²) in [6.07, 6.45) is 6.23. The topological polar surface area (TPSA) is 119 Å². The van der Waals surface area contributed by atoms with Gasteiger partial charge in [-0.15, -0.1) is 11.3 Å². The number of nitrogens with one attached hydrogen (secondary N) is 1. The van der Waals surface area contributed by atoms with Gasteiger partial charge >= 0.3 is 17.3 Å². The molecule has 0 spiro atoms. The molecule has 2 aromatic heterocycles. The molecular formula is C22H22ClN5O4S. The number of carboxylic acid groups (broad SMARTS) is 1. The zero-order valence-corrected chi connectivity index (χ0v) is 19.4. The highest BCUT2D eigenvalue weighted by Gasteiger charge is 2.18. The minimum Gasteiger partial charge on any atom is -0.481 e. The molecule has 0 bridgehead atoms. The first-order chi connectivity index (χ1) is 15.8. The van der Waals surface area contributed by atoms with Crippen LogP contribution in [0.2, 0.25) is 0 Å². The largest absolute Gasteiger partial charge is 0.481 e. The van der Waals surface area contributed by atoms with E-state index in [0.29, 0.717) is 17.1 Å². The molecule has 0 saturated carbocycles. The van der Waals surface area contributed by atoms with Crippen LogP contribution < -0.4 is 16.7 Å². The first-order valence-corrected chi connectivity index (χ1v) is 11.6. The maximum atomic E-state index is 13.3. The molecule has 1 aromatic carbocycles. The van der Waals surface area contributed by atoms with E-state index in [-0.39, 0.29) is 37.8 Å². The molecule has 0 aliphatic heterocycles. The lowest BCUT2D eigenvalue weighted by atomic mass is 10.0. The van der Waals surface area contributed by atoms with E-state index < -0.39 is 17.3 Å². The van der Waals surface area contributed by atoms with Crippen molar-refractivity contribution < 1.29 is 9.90 Å². The van der Waals surface area contributed by atoms with E-state index in [1.54, 1.807) is 17.4 Å². The molecule has 3 aromatic rings. The standard InChI is InChI=1S/C22H22ClN5O4S/c1-13-24-17-9-8-16(11-18(17)33-13)25-20-26-21(31)27(10-2-3-19(29)30)22(32)28(20)12-14-4-6-15(23)7-5-14/h4,6-9,11,14H,2-3,5,10,12H2,1H3,(H,29,30)(H,25,26,31). The van der Waals surface area contributed by atoms with Crippen molar-refractivity contribution in [1.29, 1.82) is 0 Å². The van der Waals surface area contributed by atoms with Crippen LogP contribution in [0.25, 0.3) is 10.2 Å². The van der Waals surface area contributed by atoms with Gasteiger partial charge in [-0.1, -0.05) is 23.8 Å². The van der Waals surface area contributed by atoms with Gasteiger partial charge in [-0.3, -0.25) is 9.36 Å². The Labute approximate surface area is 197 Å². The van der Waals surface area contributed by atoms with Crippen LogP contribution in [0.3, 0.4) is 0 Å². The number of hydrogen-bond donors (Lipinski definition) is 2. The number of aromatic nitrogens is 4. The second kappa shape index (κ2) is 9.72. The number of nitrogens with zero attached hydrogens (tertiary/aromatic N) is 4. The van der Waals surface area contributed by atoms with E-state index in [1.165, 1.54) is 4.57 Å². The number of fused-ring (bicyclic) bond motifs is 1. The molecule has 0 amide bonds. The highest BCUT2D eigenvalue weighted by molar-refractivity contribution is 7.18. The number of aliphatic carboxylic acids is 1. The summed E-state index contributed by atoms with van der Waals surface area (Å²) < 4.78 is 3.38. The minimum atomic E-state index is -0.987. The lowest BCUT2D eigenvalue weighted by Gasteiger charge is -2.20. The zero-order valence-electron chi connectivity index (χ0n) is 17.8. The number of anilines is 2. The van der Waals surface area contributed by atoms with Crippen molar-refractivity contribution in [3.8, 4) is 0 Å². The monoisotopic (exact) mass is 487 g/mol. The molecule has 1 aliphatic rings. The van der Waals surface area contributed by atoms with Crippen molar-refractivity contribution in [3.05, 3.63) is 67.4 Å². The van der Waals surface area contributed by atoms with Crippen molar-refractivity contribution in [2.75, 3.05) is 5.32 Å². The Morgan fingerprint density at radius 3 is 2.85 bits per heavy atom. The Balaban J connectivity index is 1.70. The highest BCUT2D eigenvalue weighted by Crippen LogP contribution is 2.26. The summed E-state index contributed by atoms with van der Waals surface area (Å²) in [5, 5.41) is 13.6. The lowest BCUT2D eigenvalue weighted by molar-refractivity contribution is -0.137. The van der Waals surface area contributed by atoms with Crippen molar-refractivity contribution in [2.45, 2.75) is 39.3 Å². The van der Waals surface area contributed by atoms with Crippen molar-refractivity contribution in [2.24, 2.45) is 5.92 Å². The first kappa shape index (κ1) is 22.9. The molecule has 33 heavy (non-hydrogen) atoms. The van der Waals surface area contributed by atoms with Crippen LogP contribution in [0.4, 0.5) is 11.6 Å². The maximum Gasteiger partial charge on any atom is 0.354 e. The number of aryl methyl sites for hydroxylation is 1. The second-order valence-electron chi connectivity index (χ2n) is 7.74. The number of benzene rings is 1. The van der Waals surface area contributed by atoms with E-state index in [4.69, 9.17) is 16.7 Å². The molecule has 1 atom stereocenters. The van der Waals surface area contributed by atoms with Crippen LogP contribution in [-0.2, 0) is 17.9 Å². The number of hydrogen-bond acceptors (Lipinski definition) is 7. The molecule has 4 rings (SSSR count). The molecule has 0 radical (unpaired) electrons. The average molecular weight is 488 g/mol. The molecule has 0 saturated heterocycles. The normalized spacial score (nSPS) is 15.6. The van der Waals surface area contributed by atoms with Gasteiger partial charge < -0.3 is 10.4 Å². The molecule has 1 unspecified atom stereocenters. The van der Waals surface area contributed by atoms with E-state index >= 15 is 0 Å². The van der Waals surface area contributed by atoms with Gasteiger partial charge in [-0.2, -0.15) is 4.98 Å². The van der Waals surface area contributed by atoms with Crippen LogP contribution in [0, 0.1) is 12.8 Å². The molecule has 1 aliphatic carbocycles. The Bertz CT molecular complexity index is 1390. The van der Waals surface area contributed by atoms with Crippen molar-refractivity contribution in [3.63, 3.8) is 0 Å². The average Bonchev–Trinajstić information content (AvgIpc) is 3.13. The number of halogens is 1. The number of carboxylic acids is 1. The van der Waals surface area contributed by atoms with Gasteiger partial charge in [0.1, 0.15) is 0 Å². The summed E-state index contributed by atoms with van der Waals surface area (Å²) in [4.78, 5) is 45.3. The molecule has 2 N–H and O–H groups in total. The van der Waals surface area contributed by atoms with Crippen molar-refractivity contribution >= 4 is 50.8 Å². The van der Waals surface area contributed by atoms with Crippen LogP contribution in [0.1, 0.15) is 24.3 Å². The molecular weight excluding hydrogens is 466 g/mol. The first-order valence-electron chi connectivity index (χ1n) is 10.4. The summed E-state index contributed by atoms with van der Waals surface area (Å²) in [7, 11) is 0. The van der Waals surface area contributed by atoms with Gasteiger partial charge in [0.25, 0.3) is 0 Å². The van der Waals surface area contributed by atoms with Gasteiger partial charge in [-0.05, 0) is 50.0 Å². The quantitative estimate of drug-likeness (QED) is 0.498. The zero-order chi connectivity index (χ0) is 23.5. The molecule has 2 heterocycles. The molecule has 9 nitrogen and oxygen atoms in total. The smallest absolute Gasteiger partial charge is 0.354 e. The minimum absolute atomic E-state index is 0.0100. The Morgan fingerprint density at radius 1 is 1.30 bits per heavy atom. The number of allylic oxidation sites excluding steroid dienone is 4. The van der Waals surface area contributed by atoms with Gasteiger partial charge in [0.15, 0.2) is 0 Å². The van der Waals surface area contributed by atoms with E-state index in [2.05, 4.69) is 15.3 Å². The Morgan fingerprint density at radius 2 is 2.12 bits per heavy atom. The third kappa shape index (κ3) is 5.40. The maximum absolute atomic E-state index is 13.3. The van der Waals surface area contributed by atoms with Gasteiger partial charge in [-0.25, -0.2) is 19.1 Å². The predicted molar refractivity (Wildman–Crippen MR) is 128 cm³/mol. The van der Waals surface area contributed by atoms with Crippen LogP contribution >= 0.6 is 22.9 Å². The summed E-state index contributed by atoms with van der Waals surface area (Å²) in [6, 6.07) is 5.59. The summed E-state index contributed by atoms with van der Waals surface area (Å²) >= 11 is 7.56. The number of rotatable bonds is 8. The van der Waals surface area contributed by atoms with E-state index in [1.807, 2.05) is 37.3 Å². The van der Waals surface area contributed by atoms with Crippen LogP contribution in [-0.4, -0.2) is 30.2 Å². The Kier molecular flexibility index (Phi) is 6.75. The summed E-state index contributed by atoms with van der Waals surface area (Å²) in [5.74, 6) is -0.863. The fourth-order valence-corrected chi connectivity index (χ4v) is 4.65. The third-order valence-electron chi connectivity index (χ3n) is 5.23. The summed E-state index contributed by atoms with van der Waals surface area (Å²) in [6.45, 7) is 2.20. The Hall–Kier alpha value is -3.24. The summed E-state index contributed by atoms with van der Waals surface area (Å²) in [5.41, 5.74) is 0.294. The van der Waals surface area contributed by atoms with E-state index in [0.717, 1.165) is 19.8 Å². The second-order valence-corrected chi connectivity index (χ2v) is 9.42. The van der Waals surface area contributed by atoms with Gasteiger partial charge in [0.05, 0.1) is 15.2 Å². The number of carbonyl (C=O) groups is 1. The fourth-order valence-electron chi connectivity index (χ4n) is 3.62. The van der Waals surface area contributed by atoms with Gasteiger partial charge in [0.2, 0.25) is 5.95 Å². The third-order valence-corrected chi connectivity index (χ3v) is 6.45. The SMILES string of the molecule is Cc1nc2ccc(Nc3nc(=O)n(CCCC(=O)O)c(=O)n3CC3C=CC(Cl)=CC3)cc2s1. The van der Waals surface area contributed by atoms with Gasteiger partial charge in [0, 0.05) is 30.2 Å².